The minimum Gasteiger partial charge on any atom is -0.486 e. The van der Waals surface area contributed by atoms with E-state index < -0.39 is 10.0 Å². The number of fused-ring (bicyclic) bond motifs is 1. The van der Waals surface area contributed by atoms with Crippen molar-refractivity contribution < 1.29 is 22.7 Å². The van der Waals surface area contributed by atoms with Gasteiger partial charge in [-0.2, -0.15) is 0 Å². The normalized spacial score (nSPS) is 19.9. The van der Waals surface area contributed by atoms with Gasteiger partial charge in [-0.25, -0.2) is 12.7 Å². The Balaban J connectivity index is 1.38. The molecule has 9 heteroatoms. The molecule has 0 aromatic heterocycles. The largest absolute Gasteiger partial charge is 0.486 e. The number of piperidine rings is 1. The molecule has 2 heterocycles. The predicted molar refractivity (Wildman–Crippen MR) is 122 cm³/mol. The number of ether oxygens (including phenoxy) is 2. The van der Waals surface area contributed by atoms with Gasteiger partial charge in [0.25, 0.3) is 0 Å². The highest BCUT2D eigenvalue weighted by molar-refractivity contribution is 7.88. The van der Waals surface area contributed by atoms with E-state index in [-0.39, 0.29) is 30.2 Å². The van der Waals surface area contributed by atoms with Gasteiger partial charge in [-0.3, -0.25) is 4.79 Å². The van der Waals surface area contributed by atoms with Crippen molar-refractivity contribution in [1.29, 1.82) is 0 Å². The first-order chi connectivity index (χ1) is 15.3. The number of amides is 1. The van der Waals surface area contributed by atoms with E-state index in [9.17, 15) is 13.2 Å². The topological polar surface area (TPSA) is 84.9 Å². The minimum absolute atomic E-state index is 0.105. The van der Waals surface area contributed by atoms with Crippen LogP contribution in [0.25, 0.3) is 0 Å². The standard InChI is InChI=1S/C23H27ClN2O5S/c1-16(18-6-9-21-22(13-18)31-12-11-30-21)25-23(27)19-3-2-10-26(14-19)32(28,29)15-17-4-7-20(24)8-5-17/h4-9,13,16,19H,2-3,10-12,14-15H2,1H3,(H,25,27)/t16-,19-/m1/s1. The SMILES string of the molecule is C[C@@H](NC(=O)[C@@H]1CCCN(S(=O)(=O)Cc2ccc(Cl)cc2)C1)c1ccc2c(c1)OCCO2. The molecule has 1 amide bonds. The van der Waals surface area contributed by atoms with E-state index in [1.807, 2.05) is 25.1 Å². The Kier molecular flexibility index (Phi) is 6.93. The van der Waals surface area contributed by atoms with Crippen molar-refractivity contribution in [2.24, 2.45) is 5.92 Å². The van der Waals surface area contributed by atoms with Crippen molar-refractivity contribution in [2.75, 3.05) is 26.3 Å². The third-order valence-corrected chi connectivity index (χ3v) is 7.90. The molecule has 0 aliphatic carbocycles. The lowest BCUT2D eigenvalue weighted by molar-refractivity contribution is -0.126. The average molecular weight is 479 g/mol. The summed E-state index contributed by atoms with van der Waals surface area (Å²) in [4.78, 5) is 12.9. The Hall–Kier alpha value is -2.29. The second-order valence-electron chi connectivity index (χ2n) is 8.21. The highest BCUT2D eigenvalue weighted by Gasteiger charge is 2.33. The Labute approximate surface area is 193 Å². The summed E-state index contributed by atoms with van der Waals surface area (Å²) in [5.74, 6) is 0.744. The molecule has 1 saturated heterocycles. The quantitative estimate of drug-likeness (QED) is 0.686. The maximum atomic E-state index is 12.9. The van der Waals surface area contributed by atoms with Crippen LogP contribution in [0.15, 0.2) is 42.5 Å². The fourth-order valence-corrected chi connectivity index (χ4v) is 5.77. The van der Waals surface area contributed by atoms with E-state index in [0.29, 0.717) is 54.7 Å². The zero-order chi connectivity index (χ0) is 22.7. The molecule has 7 nitrogen and oxygen atoms in total. The summed E-state index contributed by atoms with van der Waals surface area (Å²) in [5, 5.41) is 3.59. The molecule has 2 aliphatic rings. The van der Waals surface area contributed by atoms with E-state index in [1.54, 1.807) is 24.3 Å². The van der Waals surface area contributed by atoms with Gasteiger partial charge in [0.15, 0.2) is 11.5 Å². The zero-order valence-corrected chi connectivity index (χ0v) is 19.5. The molecule has 1 N–H and O–H groups in total. The second kappa shape index (κ2) is 9.68. The van der Waals surface area contributed by atoms with Gasteiger partial charge in [0.05, 0.1) is 17.7 Å². The molecule has 0 bridgehead atoms. The van der Waals surface area contributed by atoms with Crippen molar-refractivity contribution >= 4 is 27.5 Å². The fourth-order valence-electron chi connectivity index (χ4n) is 4.04. The number of benzene rings is 2. The van der Waals surface area contributed by atoms with Crippen LogP contribution in [-0.2, 0) is 20.6 Å². The van der Waals surface area contributed by atoms with Crippen LogP contribution in [0.3, 0.4) is 0 Å². The van der Waals surface area contributed by atoms with Crippen LogP contribution < -0.4 is 14.8 Å². The van der Waals surface area contributed by atoms with Gasteiger partial charge in [0, 0.05) is 18.1 Å². The number of nitrogens with zero attached hydrogens (tertiary/aromatic N) is 1. The number of sulfonamides is 1. The smallest absolute Gasteiger partial charge is 0.224 e. The molecule has 0 saturated carbocycles. The molecule has 172 valence electrons. The first-order valence-corrected chi connectivity index (χ1v) is 12.7. The van der Waals surface area contributed by atoms with Crippen molar-refractivity contribution in [1.82, 2.24) is 9.62 Å². The summed E-state index contributed by atoms with van der Waals surface area (Å²) in [6.07, 6.45) is 1.31. The molecule has 4 rings (SSSR count). The maximum absolute atomic E-state index is 12.9. The maximum Gasteiger partial charge on any atom is 0.224 e. The van der Waals surface area contributed by atoms with Crippen molar-refractivity contribution in [3.8, 4) is 11.5 Å². The number of hydrogen-bond acceptors (Lipinski definition) is 5. The van der Waals surface area contributed by atoms with Crippen molar-refractivity contribution in [3.63, 3.8) is 0 Å². The highest BCUT2D eigenvalue weighted by Crippen LogP contribution is 2.33. The van der Waals surface area contributed by atoms with Crippen LogP contribution in [-0.4, -0.2) is 44.9 Å². The lowest BCUT2D eigenvalue weighted by Crippen LogP contribution is -2.46. The van der Waals surface area contributed by atoms with Gasteiger partial charge in [0.1, 0.15) is 13.2 Å². The molecule has 0 radical (unpaired) electrons. The number of carbonyl (C=O) groups excluding carboxylic acids is 1. The lowest BCUT2D eigenvalue weighted by atomic mass is 9.97. The third-order valence-electron chi connectivity index (χ3n) is 5.84. The van der Waals surface area contributed by atoms with Gasteiger partial charge in [-0.1, -0.05) is 29.8 Å². The molecule has 2 aliphatic heterocycles. The van der Waals surface area contributed by atoms with Crippen LogP contribution in [0, 0.1) is 5.92 Å². The first kappa shape index (κ1) is 22.9. The molecular weight excluding hydrogens is 452 g/mol. The van der Waals surface area contributed by atoms with E-state index in [4.69, 9.17) is 21.1 Å². The molecule has 0 unspecified atom stereocenters. The average Bonchev–Trinajstić information content (AvgIpc) is 2.80. The van der Waals surface area contributed by atoms with Gasteiger partial charge in [-0.05, 0) is 55.2 Å². The number of hydrogen-bond donors (Lipinski definition) is 1. The predicted octanol–water partition coefficient (Wildman–Crippen LogP) is 3.53. The summed E-state index contributed by atoms with van der Waals surface area (Å²) in [6, 6.07) is 12.2. The number of halogens is 1. The van der Waals surface area contributed by atoms with E-state index in [1.165, 1.54) is 4.31 Å². The minimum atomic E-state index is -3.53. The Morgan fingerprint density at radius 2 is 1.88 bits per heavy atom. The summed E-state index contributed by atoms with van der Waals surface area (Å²) in [6.45, 7) is 3.55. The number of rotatable bonds is 6. The second-order valence-corrected chi connectivity index (χ2v) is 10.6. The van der Waals surface area contributed by atoms with E-state index in [2.05, 4.69) is 5.32 Å². The molecule has 2 atom stereocenters. The van der Waals surface area contributed by atoms with Gasteiger partial charge in [-0.15, -0.1) is 0 Å². The van der Waals surface area contributed by atoms with E-state index in [0.717, 1.165) is 5.56 Å². The molecule has 32 heavy (non-hydrogen) atoms. The van der Waals surface area contributed by atoms with Crippen LogP contribution >= 0.6 is 11.6 Å². The number of nitrogens with one attached hydrogen (secondary N) is 1. The van der Waals surface area contributed by atoms with E-state index >= 15 is 0 Å². The molecule has 0 spiro atoms. The van der Waals surface area contributed by atoms with Crippen LogP contribution in [0.2, 0.25) is 5.02 Å². The monoisotopic (exact) mass is 478 g/mol. The van der Waals surface area contributed by atoms with Gasteiger partial charge >= 0.3 is 0 Å². The van der Waals surface area contributed by atoms with Crippen molar-refractivity contribution in [3.05, 3.63) is 58.6 Å². The highest BCUT2D eigenvalue weighted by atomic mass is 35.5. The van der Waals surface area contributed by atoms with Crippen LogP contribution in [0.4, 0.5) is 0 Å². The Morgan fingerprint density at radius 1 is 1.16 bits per heavy atom. The Bertz CT molecular complexity index is 1070. The van der Waals surface area contributed by atoms with Gasteiger partial charge in [0.2, 0.25) is 15.9 Å². The summed E-state index contributed by atoms with van der Waals surface area (Å²) in [5.41, 5.74) is 1.58. The molecule has 2 aromatic rings. The lowest BCUT2D eigenvalue weighted by Gasteiger charge is -2.32. The first-order valence-electron chi connectivity index (χ1n) is 10.7. The van der Waals surface area contributed by atoms with Crippen molar-refractivity contribution in [2.45, 2.75) is 31.6 Å². The summed E-state index contributed by atoms with van der Waals surface area (Å²) in [7, 11) is -3.53. The molecule has 1 fully saturated rings. The summed E-state index contributed by atoms with van der Waals surface area (Å²) >= 11 is 5.89. The number of carbonyl (C=O) groups is 1. The van der Waals surface area contributed by atoms with Gasteiger partial charge < -0.3 is 14.8 Å². The summed E-state index contributed by atoms with van der Waals surface area (Å²) < 4.78 is 38.5. The Morgan fingerprint density at radius 3 is 2.62 bits per heavy atom. The fraction of sp³-hybridized carbons (Fsp3) is 0.435. The third kappa shape index (κ3) is 5.36. The molecular formula is C23H27ClN2O5S. The zero-order valence-electron chi connectivity index (χ0n) is 17.9. The van der Waals surface area contributed by atoms with Crippen LogP contribution in [0.5, 0.6) is 11.5 Å². The van der Waals surface area contributed by atoms with Crippen LogP contribution in [0.1, 0.15) is 36.9 Å². The molecule has 2 aromatic carbocycles.